The van der Waals surface area contributed by atoms with E-state index in [4.69, 9.17) is 4.74 Å². The van der Waals surface area contributed by atoms with E-state index >= 15 is 0 Å². The summed E-state index contributed by atoms with van der Waals surface area (Å²) in [5.74, 6) is 2.82. The second kappa shape index (κ2) is 3.35. The van der Waals surface area contributed by atoms with Crippen molar-refractivity contribution in [1.82, 2.24) is 4.90 Å². The zero-order valence-electron chi connectivity index (χ0n) is 8.12. The molecule has 2 aliphatic rings. The number of methoxy groups -OCH3 is 1. The Bertz CT molecular complexity index is 146. The number of rotatable bonds is 2. The standard InChI is InChI=1S/C10H19NO/c1-11-5-9-3-8(7-12-2)4-10(9)6-11/h8-10H,3-7H2,1-2H3. The molecule has 1 aliphatic carbocycles. The van der Waals surface area contributed by atoms with Crippen LogP contribution >= 0.6 is 0 Å². The van der Waals surface area contributed by atoms with Gasteiger partial charge in [0.1, 0.15) is 0 Å². The molecule has 0 aromatic heterocycles. The highest BCUT2D eigenvalue weighted by molar-refractivity contribution is 4.90. The fraction of sp³-hybridized carbons (Fsp3) is 1.00. The molecule has 12 heavy (non-hydrogen) atoms. The molecule has 0 radical (unpaired) electrons. The third kappa shape index (κ3) is 1.50. The van der Waals surface area contributed by atoms with E-state index in [1.54, 1.807) is 0 Å². The summed E-state index contributed by atoms with van der Waals surface area (Å²) >= 11 is 0. The number of likely N-dealkylation sites (tertiary alicyclic amines) is 1. The zero-order chi connectivity index (χ0) is 8.55. The molecule has 2 fully saturated rings. The maximum absolute atomic E-state index is 5.20. The van der Waals surface area contributed by atoms with Gasteiger partial charge in [0.25, 0.3) is 0 Å². The molecular formula is C10H19NO. The maximum atomic E-state index is 5.20. The first-order chi connectivity index (χ1) is 5.79. The van der Waals surface area contributed by atoms with Crippen LogP contribution < -0.4 is 0 Å². The molecule has 2 unspecified atom stereocenters. The van der Waals surface area contributed by atoms with Crippen LogP contribution in [0.5, 0.6) is 0 Å². The van der Waals surface area contributed by atoms with Crippen LogP contribution in [0.3, 0.4) is 0 Å². The number of ether oxygens (including phenoxy) is 1. The van der Waals surface area contributed by atoms with Crippen LogP contribution in [0.15, 0.2) is 0 Å². The van der Waals surface area contributed by atoms with Crippen LogP contribution in [0.25, 0.3) is 0 Å². The topological polar surface area (TPSA) is 12.5 Å². The molecule has 0 spiro atoms. The van der Waals surface area contributed by atoms with Crippen LogP contribution in [0.1, 0.15) is 12.8 Å². The molecule has 1 heterocycles. The van der Waals surface area contributed by atoms with Crippen LogP contribution in [0, 0.1) is 17.8 Å². The van der Waals surface area contributed by atoms with E-state index < -0.39 is 0 Å². The Kier molecular flexibility index (Phi) is 2.37. The molecule has 0 aromatic carbocycles. The van der Waals surface area contributed by atoms with E-state index in [-0.39, 0.29) is 0 Å². The van der Waals surface area contributed by atoms with Crippen molar-refractivity contribution in [1.29, 1.82) is 0 Å². The van der Waals surface area contributed by atoms with Crippen molar-refractivity contribution in [2.75, 3.05) is 33.9 Å². The highest BCUT2D eigenvalue weighted by Gasteiger charge is 2.39. The van der Waals surface area contributed by atoms with Gasteiger partial charge in [-0.25, -0.2) is 0 Å². The fourth-order valence-electron chi connectivity index (χ4n) is 3.03. The predicted molar refractivity (Wildman–Crippen MR) is 49.1 cm³/mol. The lowest BCUT2D eigenvalue weighted by Gasteiger charge is -2.13. The molecule has 0 bridgehead atoms. The van der Waals surface area contributed by atoms with Gasteiger partial charge in [0.2, 0.25) is 0 Å². The van der Waals surface area contributed by atoms with E-state index in [0.717, 1.165) is 24.4 Å². The monoisotopic (exact) mass is 169 g/mol. The predicted octanol–water partition coefficient (Wildman–Crippen LogP) is 1.22. The summed E-state index contributed by atoms with van der Waals surface area (Å²) < 4.78 is 5.20. The normalized spacial score (nSPS) is 42.0. The molecule has 1 saturated carbocycles. The average Bonchev–Trinajstić information content (AvgIpc) is 2.44. The zero-order valence-corrected chi connectivity index (χ0v) is 8.12. The number of nitrogens with zero attached hydrogens (tertiary/aromatic N) is 1. The van der Waals surface area contributed by atoms with E-state index in [1.165, 1.54) is 25.9 Å². The van der Waals surface area contributed by atoms with Crippen molar-refractivity contribution in [3.8, 4) is 0 Å². The number of fused-ring (bicyclic) bond motifs is 1. The smallest absolute Gasteiger partial charge is 0.0490 e. The van der Waals surface area contributed by atoms with Gasteiger partial charge in [0.05, 0.1) is 0 Å². The molecule has 1 saturated heterocycles. The molecule has 0 aromatic rings. The Labute approximate surface area is 74.9 Å². The van der Waals surface area contributed by atoms with E-state index in [2.05, 4.69) is 11.9 Å². The average molecular weight is 169 g/mol. The van der Waals surface area contributed by atoms with Crippen molar-refractivity contribution in [3.05, 3.63) is 0 Å². The molecule has 2 heteroatoms. The molecule has 2 atom stereocenters. The van der Waals surface area contributed by atoms with Crippen molar-refractivity contribution in [3.63, 3.8) is 0 Å². The summed E-state index contributed by atoms with van der Waals surface area (Å²) in [5, 5.41) is 0. The molecule has 2 rings (SSSR count). The Morgan fingerprint density at radius 3 is 2.33 bits per heavy atom. The highest BCUT2D eigenvalue weighted by atomic mass is 16.5. The molecule has 2 nitrogen and oxygen atoms in total. The number of hydrogen-bond donors (Lipinski definition) is 0. The van der Waals surface area contributed by atoms with Crippen molar-refractivity contribution >= 4 is 0 Å². The second-order valence-electron chi connectivity index (χ2n) is 4.53. The summed E-state index contributed by atoms with van der Waals surface area (Å²) in [6, 6.07) is 0. The minimum absolute atomic E-state index is 0.860. The van der Waals surface area contributed by atoms with Crippen molar-refractivity contribution in [2.24, 2.45) is 17.8 Å². The molecule has 0 amide bonds. The highest BCUT2D eigenvalue weighted by Crippen LogP contribution is 2.40. The quantitative estimate of drug-likeness (QED) is 0.616. The van der Waals surface area contributed by atoms with Crippen molar-refractivity contribution in [2.45, 2.75) is 12.8 Å². The fourth-order valence-corrected chi connectivity index (χ4v) is 3.03. The van der Waals surface area contributed by atoms with Gasteiger partial charge in [0, 0.05) is 26.8 Å². The molecular weight excluding hydrogens is 150 g/mol. The van der Waals surface area contributed by atoms with Crippen molar-refractivity contribution < 1.29 is 4.74 Å². The second-order valence-corrected chi connectivity index (χ2v) is 4.53. The van der Waals surface area contributed by atoms with Gasteiger partial charge in [-0.15, -0.1) is 0 Å². The SMILES string of the molecule is COCC1CC2CN(C)CC2C1. The third-order valence-electron chi connectivity index (χ3n) is 3.43. The van der Waals surface area contributed by atoms with Crippen LogP contribution in [-0.2, 0) is 4.74 Å². The Hall–Kier alpha value is -0.0800. The number of hydrogen-bond acceptors (Lipinski definition) is 2. The Morgan fingerprint density at radius 1 is 1.25 bits per heavy atom. The maximum Gasteiger partial charge on any atom is 0.0490 e. The summed E-state index contributed by atoms with van der Waals surface area (Å²) in [6.07, 6.45) is 2.81. The minimum Gasteiger partial charge on any atom is -0.384 e. The van der Waals surface area contributed by atoms with E-state index in [0.29, 0.717) is 0 Å². The van der Waals surface area contributed by atoms with Crippen LogP contribution in [0.2, 0.25) is 0 Å². The summed E-state index contributed by atoms with van der Waals surface area (Å²) in [6.45, 7) is 3.63. The van der Waals surface area contributed by atoms with Gasteiger partial charge in [-0.05, 0) is 37.6 Å². The van der Waals surface area contributed by atoms with Gasteiger partial charge in [0.15, 0.2) is 0 Å². The van der Waals surface area contributed by atoms with Gasteiger partial charge >= 0.3 is 0 Å². The van der Waals surface area contributed by atoms with Crippen LogP contribution in [-0.4, -0.2) is 38.8 Å². The lowest BCUT2D eigenvalue weighted by atomic mass is 10.0. The van der Waals surface area contributed by atoms with E-state index in [1.807, 2.05) is 7.11 Å². The summed E-state index contributed by atoms with van der Waals surface area (Å²) in [5.41, 5.74) is 0. The lowest BCUT2D eigenvalue weighted by Crippen LogP contribution is -2.17. The summed E-state index contributed by atoms with van der Waals surface area (Å²) in [7, 11) is 4.06. The summed E-state index contributed by atoms with van der Waals surface area (Å²) in [4.78, 5) is 2.47. The molecule has 70 valence electrons. The van der Waals surface area contributed by atoms with E-state index in [9.17, 15) is 0 Å². The Balaban J connectivity index is 1.85. The van der Waals surface area contributed by atoms with Crippen LogP contribution in [0.4, 0.5) is 0 Å². The largest absolute Gasteiger partial charge is 0.384 e. The van der Waals surface area contributed by atoms with Gasteiger partial charge in [-0.2, -0.15) is 0 Å². The Morgan fingerprint density at radius 2 is 1.83 bits per heavy atom. The first-order valence-electron chi connectivity index (χ1n) is 4.97. The molecule has 1 aliphatic heterocycles. The first kappa shape index (κ1) is 8.52. The third-order valence-corrected chi connectivity index (χ3v) is 3.43. The van der Waals surface area contributed by atoms with Gasteiger partial charge < -0.3 is 9.64 Å². The van der Waals surface area contributed by atoms with Gasteiger partial charge in [-0.3, -0.25) is 0 Å². The van der Waals surface area contributed by atoms with Gasteiger partial charge in [-0.1, -0.05) is 0 Å². The first-order valence-corrected chi connectivity index (χ1v) is 4.97. The lowest BCUT2D eigenvalue weighted by molar-refractivity contribution is 0.148. The minimum atomic E-state index is 0.860. The molecule has 0 N–H and O–H groups in total.